The van der Waals surface area contributed by atoms with Crippen LogP contribution >= 0.6 is 0 Å². The summed E-state index contributed by atoms with van der Waals surface area (Å²) >= 11 is 0. The third-order valence-electron chi connectivity index (χ3n) is 5.68. The van der Waals surface area contributed by atoms with Crippen molar-refractivity contribution in [3.63, 3.8) is 0 Å². The van der Waals surface area contributed by atoms with Crippen LogP contribution in [0.15, 0.2) is 35.3 Å². The highest BCUT2D eigenvalue weighted by Gasteiger charge is 2.32. The van der Waals surface area contributed by atoms with E-state index in [9.17, 15) is 19.2 Å². The highest BCUT2D eigenvalue weighted by atomic mass is 16.2. The van der Waals surface area contributed by atoms with Gasteiger partial charge in [-0.05, 0) is 11.1 Å². The van der Waals surface area contributed by atoms with Crippen LogP contribution in [0.5, 0.6) is 0 Å². The highest BCUT2D eigenvalue weighted by Crippen LogP contribution is 2.28. The molecule has 0 bridgehead atoms. The van der Waals surface area contributed by atoms with Crippen molar-refractivity contribution in [3.8, 4) is 0 Å². The van der Waals surface area contributed by atoms with Gasteiger partial charge < -0.3 is 25.4 Å². The SMILES string of the molecule is Cn1cc(C(=O)N2Cc3ccccc3C(CNC(=O)[C@H]3CNC(=O)N3)C2)n(C)c1=O. The van der Waals surface area contributed by atoms with Gasteiger partial charge >= 0.3 is 11.7 Å². The molecule has 4 amide bonds. The van der Waals surface area contributed by atoms with Crippen LogP contribution < -0.4 is 21.6 Å². The lowest BCUT2D eigenvalue weighted by Crippen LogP contribution is -2.47. The molecule has 2 aromatic rings. The molecular weight excluding hydrogens is 388 g/mol. The van der Waals surface area contributed by atoms with Gasteiger partial charge in [-0.1, -0.05) is 24.3 Å². The predicted octanol–water partition coefficient (Wildman–Crippen LogP) is -0.739. The molecule has 4 rings (SSSR count). The Morgan fingerprint density at radius 1 is 1.20 bits per heavy atom. The Kier molecular flexibility index (Phi) is 5.06. The van der Waals surface area contributed by atoms with Crippen LogP contribution in [0.4, 0.5) is 4.79 Å². The number of urea groups is 1. The molecule has 3 heterocycles. The van der Waals surface area contributed by atoms with Gasteiger partial charge in [0.05, 0.1) is 0 Å². The Bertz CT molecular complexity index is 1070. The zero-order valence-corrected chi connectivity index (χ0v) is 16.8. The van der Waals surface area contributed by atoms with Crippen LogP contribution in [0, 0.1) is 0 Å². The number of nitrogens with one attached hydrogen (secondary N) is 3. The number of nitrogens with zero attached hydrogens (tertiary/aromatic N) is 3. The number of carbonyl (C=O) groups is 3. The van der Waals surface area contributed by atoms with Crippen molar-refractivity contribution in [2.75, 3.05) is 19.6 Å². The molecule has 1 unspecified atom stereocenters. The number of rotatable bonds is 4. The van der Waals surface area contributed by atoms with Gasteiger partial charge in [-0.3, -0.25) is 14.2 Å². The first kappa shape index (κ1) is 19.7. The van der Waals surface area contributed by atoms with Gasteiger partial charge in [0.25, 0.3) is 5.91 Å². The number of aromatic nitrogens is 2. The fourth-order valence-electron chi connectivity index (χ4n) is 4.03. The van der Waals surface area contributed by atoms with E-state index in [0.29, 0.717) is 25.3 Å². The topological polar surface area (TPSA) is 117 Å². The van der Waals surface area contributed by atoms with Crippen LogP contribution in [-0.4, -0.2) is 57.6 Å². The third kappa shape index (κ3) is 3.56. The van der Waals surface area contributed by atoms with Crippen molar-refractivity contribution < 1.29 is 14.4 Å². The summed E-state index contributed by atoms with van der Waals surface area (Å²) in [5, 5.41) is 8.01. The number of aryl methyl sites for hydroxylation is 1. The number of hydrogen-bond donors (Lipinski definition) is 3. The number of imidazole rings is 1. The van der Waals surface area contributed by atoms with Crippen LogP contribution in [0.3, 0.4) is 0 Å². The molecule has 1 saturated heterocycles. The molecule has 0 aliphatic carbocycles. The summed E-state index contributed by atoms with van der Waals surface area (Å²) < 4.78 is 2.72. The van der Waals surface area contributed by atoms with Gasteiger partial charge in [0.15, 0.2) is 0 Å². The monoisotopic (exact) mass is 412 g/mol. The number of carbonyl (C=O) groups excluding carboxylic acids is 3. The van der Waals surface area contributed by atoms with Crippen molar-refractivity contribution >= 4 is 17.8 Å². The Morgan fingerprint density at radius 3 is 2.63 bits per heavy atom. The van der Waals surface area contributed by atoms with Crippen LogP contribution in [0.1, 0.15) is 27.5 Å². The van der Waals surface area contributed by atoms with E-state index in [1.54, 1.807) is 19.0 Å². The van der Waals surface area contributed by atoms with Crippen LogP contribution in [0.2, 0.25) is 0 Å². The molecule has 10 heteroatoms. The largest absolute Gasteiger partial charge is 0.354 e. The Hall–Kier alpha value is -3.56. The molecule has 1 fully saturated rings. The Labute approximate surface area is 172 Å². The van der Waals surface area contributed by atoms with Gasteiger partial charge in [-0.15, -0.1) is 0 Å². The molecule has 2 atom stereocenters. The molecular formula is C20H24N6O4. The summed E-state index contributed by atoms with van der Waals surface area (Å²) in [5.74, 6) is -0.596. The summed E-state index contributed by atoms with van der Waals surface area (Å²) in [5.41, 5.74) is 2.15. The van der Waals surface area contributed by atoms with Crippen molar-refractivity contribution in [3.05, 3.63) is 57.8 Å². The van der Waals surface area contributed by atoms with Crippen molar-refractivity contribution in [1.82, 2.24) is 30.0 Å². The molecule has 0 saturated carbocycles. The number of fused-ring (bicyclic) bond motifs is 1. The standard InChI is InChI=1S/C20H24N6O4/c1-24-11-16(25(2)20(24)30)18(28)26-9-12-5-3-4-6-14(12)13(10-26)7-21-17(27)15-8-22-19(29)23-15/h3-6,11,13,15H,7-10H2,1-2H3,(H,21,27)(H2,22,23,29)/t13?,15-/m1/s1. The first-order valence-corrected chi connectivity index (χ1v) is 9.76. The molecule has 0 radical (unpaired) electrons. The number of benzene rings is 1. The zero-order chi connectivity index (χ0) is 21.4. The van der Waals surface area contributed by atoms with E-state index in [0.717, 1.165) is 11.1 Å². The quantitative estimate of drug-likeness (QED) is 0.613. The summed E-state index contributed by atoms with van der Waals surface area (Å²) in [7, 11) is 3.19. The second-order valence-electron chi connectivity index (χ2n) is 7.70. The fourth-order valence-corrected chi connectivity index (χ4v) is 4.03. The van der Waals surface area contributed by atoms with Crippen molar-refractivity contribution in [2.45, 2.75) is 18.5 Å². The van der Waals surface area contributed by atoms with E-state index in [-0.39, 0.29) is 36.0 Å². The Balaban J connectivity index is 1.52. The number of hydrogen-bond acceptors (Lipinski definition) is 4. The molecule has 2 aliphatic rings. The highest BCUT2D eigenvalue weighted by molar-refractivity contribution is 5.93. The predicted molar refractivity (Wildman–Crippen MR) is 108 cm³/mol. The Morgan fingerprint density at radius 2 is 1.97 bits per heavy atom. The molecule has 30 heavy (non-hydrogen) atoms. The van der Waals surface area contributed by atoms with Gasteiger partial charge in [0, 0.05) is 52.4 Å². The second kappa shape index (κ2) is 7.69. The van der Waals surface area contributed by atoms with Gasteiger partial charge in [0.1, 0.15) is 11.7 Å². The molecule has 3 N–H and O–H groups in total. The summed E-state index contributed by atoms with van der Waals surface area (Å²) in [6.07, 6.45) is 1.54. The molecule has 158 valence electrons. The fraction of sp³-hybridized carbons (Fsp3) is 0.400. The van der Waals surface area contributed by atoms with Gasteiger partial charge in [-0.25, -0.2) is 9.59 Å². The lowest BCUT2D eigenvalue weighted by Gasteiger charge is -2.35. The maximum Gasteiger partial charge on any atom is 0.328 e. The van der Waals surface area contributed by atoms with Gasteiger partial charge in [0.2, 0.25) is 5.91 Å². The minimum absolute atomic E-state index is 0.103. The van der Waals surface area contributed by atoms with E-state index in [1.807, 2.05) is 24.3 Å². The normalized spacial score (nSPS) is 20.3. The van der Waals surface area contributed by atoms with Crippen molar-refractivity contribution in [2.24, 2.45) is 14.1 Å². The lowest BCUT2D eigenvalue weighted by molar-refractivity contribution is -0.122. The average Bonchev–Trinajstić information content (AvgIpc) is 3.29. The molecule has 1 aromatic carbocycles. The van der Waals surface area contributed by atoms with E-state index < -0.39 is 6.04 Å². The molecule has 0 spiro atoms. The summed E-state index contributed by atoms with van der Waals surface area (Å²) in [6, 6.07) is 6.87. The minimum Gasteiger partial charge on any atom is -0.354 e. The maximum atomic E-state index is 13.1. The first-order valence-electron chi connectivity index (χ1n) is 9.76. The molecule has 2 aliphatic heterocycles. The lowest BCUT2D eigenvalue weighted by atomic mass is 9.89. The summed E-state index contributed by atoms with van der Waals surface area (Å²) in [6.45, 7) is 1.43. The minimum atomic E-state index is -0.604. The smallest absolute Gasteiger partial charge is 0.328 e. The second-order valence-corrected chi connectivity index (χ2v) is 7.70. The van der Waals surface area contributed by atoms with E-state index in [1.165, 1.54) is 15.3 Å². The van der Waals surface area contributed by atoms with Crippen LogP contribution in [0.25, 0.3) is 0 Å². The molecule has 1 aromatic heterocycles. The third-order valence-corrected chi connectivity index (χ3v) is 5.68. The average molecular weight is 412 g/mol. The number of amides is 4. The van der Waals surface area contributed by atoms with Crippen molar-refractivity contribution in [1.29, 1.82) is 0 Å². The first-order chi connectivity index (χ1) is 14.3. The van der Waals surface area contributed by atoms with E-state index in [2.05, 4.69) is 16.0 Å². The summed E-state index contributed by atoms with van der Waals surface area (Å²) in [4.78, 5) is 50.5. The molecule has 10 nitrogen and oxygen atoms in total. The maximum absolute atomic E-state index is 13.1. The van der Waals surface area contributed by atoms with Gasteiger partial charge in [-0.2, -0.15) is 0 Å². The zero-order valence-electron chi connectivity index (χ0n) is 16.8. The van der Waals surface area contributed by atoms with E-state index >= 15 is 0 Å². The van der Waals surface area contributed by atoms with Crippen LogP contribution in [-0.2, 0) is 25.4 Å². The van der Waals surface area contributed by atoms with E-state index in [4.69, 9.17) is 0 Å².